The molecule has 4 nitrogen and oxygen atoms in total. The van der Waals surface area contributed by atoms with Crippen molar-refractivity contribution >= 4 is 51.6 Å². The van der Waals surface area contributed by atoms with Crippen molar-refractivity contribution < 1.29 is 0 Å². The molecule has 364 valence electrons. The first-order valence-corrected chi connectivity index (χ1v) is 25.2. The van der Waals surface area contributed by atoms with Crippen molar-refractivity contribution in [1.82, 2.24) is 0 Å². The summed E-state index contributed by atoms with van der Waals surface area (Å²) in [6.45, 7) is 12.7. The van der Waals surface area contributed by atoms with Crippen LogP contribution in [0.4, 0.5) is 45.5 Å². The van der Waals surface area contributed by atoms with Crippen molar-refractivity contribution in [3.8, 4) is 11.1 Å². The Morgan fingerprint density at radius 3 is 1.62 bits per heavy atom. The molecular formula is C70H64N4. The molecule has 0 aromatic heterocycles. The molecule has 1 aliphatic rings. The molecule has 0 amide bonds. The summed E-state index contributed by atoms with van der Waals surface area (Å²) < 4.78 is 0. The van der Waals surface area contributed by atoms with E-state index in [2.05, 4.69) is 283 Å². The number of rotatable bonds is 21. The van der Waals surface area contributed by atoms with E-state index < -0.39 is 0 Å². The Morgan fingerprint density at radius 1 is 0.500 bits per heavy atom. The van der Waals surface area contributed by atoms with Gasteiger partial charge in [0.05, 0.1) is 0 Å². The van der Waals surface area contributed by atoms with Gasteiger partial charge in [0, 0.05) is 69.9 Å². The van der Waals surface area contributed by atoms with Gasteiger partial charge in [-0.3, -0.25) is 0 Å². The Balaban J connectivity index is 1.11. The van der Waals surface area contributed by atoms with E-state index in [4.69, 9.17) is 0 Å². The molecule has 7 aromatic rings. The van der Waals surface area contributed by atoms with Gasteiger partial charge in [0.25, 0.3) is 0 Å². The average Bonchev–Trinajstić information content (AvgIpc) is 3.73. The Labute approximate surface area is 440 Å². The van der Waals surface area contributed by atoms with Gasteiger partial charge in [0.2, 0.25) is 0 Å². The molecule has 74 heavy (non-hydrogen) atoms. The van der Waals surface area contributed by atoms with Gasteiger partial charge >= 0.3 is 0 Å². The van der Waals surface area contributed by atoms with Gasteiger partial charge in [-0.2, -0.15) is 0 Å². The minimum atomic E-state index is 0.629. The number of anilines is 8. The topological polar surface area (TPSA) is 21.8 Å². The summed E-state index contributed by atoms with van der Waals surface area (Å²) >= 11 is 0. The van der Waals surface area contributed by atoms with Crippen LogP contribution in [-0.4, -0.2) is 6.54 Å². The number of nitrogens with zero attached hydrogens (tertiary/aromatic N) is 3. The average molecular weight is 961 g/mol. The first-order chi connectivity index (χ1) is 36.5. The molecule has 8 rings (SSSR count). The Bertz CT molecular complexity index is 3230. The molecule has 0 spiro atoms. The predicted octanol–water partition coefficient (Wildman–Crippen LogP) is 19.4. The van der Waals surface area contributed by atoms with Crippen LogP contribution in [0.1, 0.15) is 25.8 Å². The Hall–Kier alpha value is -9.38. The number of nitrogens with one attached hydrogen (secondary N) is 1. The normalized spacial score (nSPS) is 13.1. The van der Waals surface area contributed by atoms with Crippen LogP contribution in [0.3, 0.4) is 0 Å². The van der Waals surface area contributed by atoms with Crippen molar-refractivity contribution in [2.75, 3.05) is 26.6 Å². The molecule has 0 fully saturated rings. The van der Waals surface area contributed by atoms with Crippen molar-refractivity contribution in [2.45, 2.75) is 20.3 Å². The molecule has 0 heterocycles. The quantitative estimate of drug-likeness (QED) is 0.0725. The first kappa shape index (κ1) is 51.0. The van der Waals surface area contributed by atoms with Gasteiger partial charge in [-0.05, 0) is 157 Å². The van der Waals surface area contributed by atoms with Crippen LogP contribution in [-0.2, 0) is 0 Å². The van der Waals surface area contributed by atoms with E-state index >= 15 is 0 Å². The van der Waals surface area contributed by atoms with E-state index in [9.17, 15) is 0 Å². The lowest BCUT2D eigenvalue weighted by atomic mass is 10.0. The van der Waals surface area contributed by atoms with E-state index in [1.807, 2.05) is 61.6 Å². The van der Waals surface area contributed by atoms with E-state index in [0.717, 1.165) is 85.5 Å². The van der Waals surface area contributed by atoms with Crippen LogP contribution >= 0.6 is 0 Å². The van der Waals surface area contributed by atoms with Gasteiger partial charge in [-0.15, -0.1) is 0 Å². The maximum atomic E-state index is 4.01. The molecular weight excluding hydrogens is 897 g/mol. The summed E-state index contributed by atoms with van der Waals surface area (Å²) in [6, 6.07) is 66.5. The molecule has 0 radical (unpaired) electrons. The summed E-state index contributed by atoms with van der Waals surface area (Å²) in [5, 5.41) is 3.53. The fourth-order valence-corrected chi connectivity index (χ4v) is 8.81. The van der Waals surface area contributed by atoms with Gasteiger partial charge in [0.15, 0.2) is 0 Å². The minimum absolute atomic E-state index is 0.629. The van der Waals surface area contributed by atoms with Crippen LogP contribution in [0.2, 0.25) is 0 Å². The Morgan fingerprint density at radius 2 is 1.01 bits per heavy atom. The standard InChI is InChI=1S/C70H64N4/c1-5-24-57(25-6-2)58(26-7-3)31-23-55-72(64-51-53-70(54-52-64)74(67-36-20-13-21-37-67)66-34-18-9-10-19-35-66)63-45-39-59(40-46-63)60-41-47-68(48-42-60)73(65(27-8-4)38-22-30-56-28-14-11-15-29-56)69-49-43-62(44-50-69)71-61-32-16-12-17-33-61/h5-34,36-54,71H,1,3,35,55H2,2,4H3/b25-6-,27-8-,30-22+,31-23-,57-24+,58-26+,65-38+. The van der Waals surface area contributed by atoms with Crippen LogP contribution < -0.4 is 20.0 Å². The lowest BCUT2D eigenvalue weighted by Gasteiger charge is -2.29. The predicted molar refractivity (Wildman–Crippen MR) is 322 cm³/mol. The third-order valence-corrected chi connectivity index (χ3v) is 12.3. The number of hydrogen-bond acceptors (Lipinski definition) is 4. The minimum Gasteiger partial charge on any atom is -0.356 e. The third-order valence-electron chi connectivity index (χ3n) is 12.3. The lowest BCUT2D eigenvalue weighted by molar-refractivity contribution is 1.07. The van der Waals surface area contributed by atoms with E-state index in [-0.39, 0.29) is 0 Å². The monoisotopic (exact) mass is 961 g/mol. The van der Waals surface area contributed by atoms with Gasteiger partial charge in [-0.25, -0.2) is 0 Å². The molecule has 7 aromatic carbocycles. The highest BCUT2D eigenvalue weighted by molar-refractivity contribution is 5.78. The highest BCUT2D eigenvalue weighted by Crippen LogP contribution is 2.37. The zero-order valence-electron chi connectivity index (χ0n) is 42.5. The van der Waals surface area contributed by atoms with Crippen molar-refractivity contribution in [3.63, 3.8) is 0 Å². The van der Waals surface area contributed by atoms with E-state index in [1.165, 1.54) is 5.70 Å². The fraction of sp³-hybridized carbons (Fsp3) is 0.0571. The summed E-state index contributed by atoms with van der Waals surface area (Å²) in [5.74, 6) is 0. The second kappa shape index (κ2) is 26.7. The van der Waals surface area contributed by atoms with Crippen LogP contribution in [0.15, 0.2) is 327 Å². The van der Waals surface area contributed by atoms with Crippen molar-refractivity contribution in [2.24, 2.45) is 0 Å². The summed E-state index contributed by atoms with van der Waals surface area (Å²) in [5.41, 5.74) is 16.3. The van der Waals surface area contributed by atoms with Crippen LogP contribution in [0, 0.1) is 0 Å². The van der Waals surface area contributed by atoms with E-state index in [0.29, 0.717) is 6.54 Å². The molecule has 0 bridgehead atoms. The SMILES string of the molecule is C=C/C=C(\C=C/C)C(/C=C\CN(c1ccc(-c2ccc(N(C(/C=C\C)=C/C=C/c3ccccc3)c3ccc(Nc4ccccc4)cc3)cc2)cc1)c1ccc(N(C2=CC=CC=CC2)c2ccccc2)cc1)=C/C=C. The highest BCUT2D eigenvalue weighted by atomic mass is 15.2. The van der Waals surface area contributed by atoms with Crippen molar-refractivity contribution in [1.29, 1.82) is 0 Å². The smallest absolute Gasteiger partial charge is 0.0463 e. The number of hydrogen-bond donors (Lipinski definition) is 1. The second-order valence-corrected chi connectivity index (χ2v) is 17.4. The van der Waals surface area contributed by atoms with Gasteiger partial charge in [0.1, 0.15) is 0 Å². The van der Waals surface area contributed by atoms with Crippen LogP contribution in [0.5, 0.6) is 0 Å². The molecule has 4 heteroatoms. The third kappa shape index (κ3) is 13.7. The van der Waals surface area contributed by atoms with Crippen molar-refractivity contribution in [3.05, 3.63) is 333 Å². The molecule has 0 atom stereocenters. The van der Waals surface area contributed by atoms with E-state index in [1.54, 1.807) is 0 Å². The summed E-state index contributed by atoms with van der Waals surface area (Å²) in [6.07, 6.45) is 38.5. The summed E-state index contributed by atoms with van der Waals surface area (Å²) in [7, 11) is 0. The van der Waals surface area contributed by atoms with Gasteiger partial charge < -0.3 is 20.0 Å². The molecule has 0 saturated carbocycles. The van der Waals surface area contributed by atoms with Gasteiger partial charge in [-0.1, -0.05) is 195 Å². The molecule has 0 saturated heterocycles. The molecule has 0 aliphatic heterocycles. The highest BCUT2D eigenvalue weighted by Gasteiger charge is 2.17. The number of benzene rings is 7. The fourth-order valence-electron chi connectivity index (χ4n) is 8.81. The Kier molecular flexibility index (Phi) is 18.4. The maximum absolute atomic E-state index is 4.01. The second-order valence-electron chi connectivity index (χ2n) is 17.4. The number of allylic oxidation sites excluding steroid dienone is 18. The zero-order valence-corrected chi connectivity index (χ0v) is 42.5. The summed E-state index contributed by atoms with van der Waals surface area (Å²) in [4.78, 5) is 7.00. The number of para-hydroxylation sites is 2. The lowest BCUT2D eigenvalue weighted by Crippen LogP contribution is -2.18. The largest absolute Gasteiger partial charge is 0.356 e. The zero-order chi connectivity index (χ0) is 51.2. The molecule has 1 aliphatic carbocycles. The van der Waals surface area contributed by atoms with Crippen LogP contribution in [0.25, 0.3) is 17.2 Å². The maximum Gasteiger partial charge on any atom is 0.0463 e. The molecule has 0 unspecified atom stereocenters. The first-order valence-electron chi connectivity index (χ1n) is 25.2. The molecule has 1 N–H and O–H groups in total.